The highest BCUT2D eigenvalue weighted by Gasteiger charge is 2.27. The van der Waals surface area contributed by atoms with Crippen LogP contribution in [0.4, 0.5) is 11.4 Å². The molecule has 0 radical (unpaired) electrons. The molecule has 5 N–H and O–H groups in total. The quantitative estimate of drug-likeness (QED) is 0.0847. The number of amides is 1. The van der Waals surface area contributed by atoms with Gasteiger partial charge in [-0.05, 0) is 59.7 Å². The fraction of sp³-hybridized carbons (Fsp3) is 0.281. The van der Waals surface area contributed by atoms with Gasteiger partial charge in [0.2, 0.25) is 11.9 Å². The number of nitrogens with zero attached hydrogens (tertiary/aromatic N) is 2. The summed E-state index contributed by atoms with van der Waals surface area (Å²) in [5.41, 5.74) is 3.59. The van der Waals surface area contributed by atoms with Crippen LogP contribution >= 0.6 is 0 Å². The number of guanidine groups is 1. The smallest absolute Gasteiger partial charge is 0.326 e. The monoisotopic (exact) mass is 569 g/mol. The Hall–Kier alpha value is -5.17. The second-order valence-electron chi connectivity index (χ2n) is 10.3. The van der Waals surface area contributed by atoms with E-state index in [-0.39, 0.29) is 30.6 Å². The number of carbonyl (C=O) groups excluding carboxylic acids is 1. The Morgan fingerprint density at radius 3 is 2.12 bits per heavy atom. The maximum absolute atomic E-state index is 13.4. The number of hydrogen-bond donors (Lipinski definition) is 5. The van der Waals surface area contributed by atoms with Gasteiger partial charge in [0, 0.05) is 18.5 Å². The Balaban J connectivity index is 1.74. The molecule has 0 aliphatic carbocycles. The van der Waals surface area contributed by atoms with Gasteiger partial charge in [0.05, 0.1) is 11.6 Å². The molecule has 3 aromatic carbocycles. The van der Waals surface area contributed by atoms with Gasteiger partial charge in [0.1, 0.15) is 6.04 Å². The minimum absolute atomic E-state index is 0.0141. The molecule has 10 heteroatoms. The first kappa shape index (κ1) is 31.4. The number of anilines is 1. The predicted molar refractivity (Wildman–Crippen MR) is 160 cm³/mol. The number of carbonyl (C=O) groups is 3. The number of carboxylic acid groups (broad SMARTS) is 2. The van der Waals surface area contributed by atoms with Crippen LogP contribution in [-0.2, 0) is 27.2 Å². The summed E-state index contributed by atoms with van der Waals surface area (Å²) in [6.07, 6.45) is 2.86. The average Bonchev–Trinajstić information content (AvgIpc) is 2.96. The van der Waals surface area contributed by atoms with Crippen molar-refractivity contribution in [1.82, 2.24) is 10.6 Å². The van der Waals surface area contributed by atoms with Crippen LogP contribution < -0.4 is 16.0 Å². The van der Waals surface area contributed by atoms with Crippen LogP contribution in [0.1, 0.15) is 49.3 Å². The summed E-state index contributed by atoms with van der Waals surface area (Å²) in [6.45, 7) is 3.99. The Kier molecular flexibility index (Phi) is 11.6. The largest absolute Gasteiger partial charge is 0.481 e. The molecular weight excluding hydrogens is 534 g/mol. The zero-order chi connectivity index (χ0) is 30.5. The summed E-state index contributed by atoms with van der Waals surface area (Å²) in [6, 6.07) is 22.2. The summed E-state index contributed by atoms with van der Waals surface area (Å²) in [7, 11) is 0. The normalized spacial score (nSPS) is 12.6. The second kappa shape index (κ2) is 15.6. The first-order valence-corrected chi connectivity index (χ1v) is 13.6. The van der Waals surface area contributed by atoms with E-state index in [0.29, 0.717) is 18.5 Å². The lowest BCUT2D eigenvalue weighted by Gasteiger charge is -2.22. The molecule has 0 saturated heterocycles. The molecule has 3 rings (SSSR count). The molecule has 0 aliphatic rings. The second-order valence-corrected chi connectivity index (χ2v) is 10.3. The number of aliphatic imine (C=N–C) groups is 1. The first-order valence-electron chi connectivity index (χ1n) is 13.6. The fourth-order valence-corrected chi connectivity index (χ4v) is 4.38. The van der Waals surface area contributed by atoms with Crippen molar-refractivity contribution in [3.63, 3.8) is 0 Å². The number of hydrogen-bond acceptors (Lipinski definition) is 5. The van der Waals surface area contributed by atoms with Crippen molar-refractivity contribution >= 4 is 35.2 Å². The summed E-state index contributed by atoms with van der Waals surface area (Å²) in [5.74, 6) is -2.58. The van der Waals surface area contributed by atoms with Gasteiger partial charge >= 0.3 is 11.9 Å². The molecule has 2 atom stereocenters. The molecule has 0 saturated carbocycles. The highest BCUT2D eigenvalue weighted by molar-refractivity contribution is 5.96. The third-order valence-corrected chi connectivity index (χ3v) is 6.48. The first-order chi connectivity index (χ1) is 20.1. The topological polar surface area (TPSA) is 164 Å². The van der Waals surface area contributed by atoms with Gasteiger partial charge in [-0.1, -0.05) is 68.4 Å². The number of nitriles is 1. The molecule has 10 nitrogen and oxygen atoms in total. The summed E-state index contributed by atoms with van der Waals surface area (Å²) < 4.78 is 0. The summed E-state index contributed by atoms with van der Waals surface area (Å²) in [5, 5.41) is 36.1. The number of rotatable bonds is 13. The highest BCUT2D eigenvalue weighted by Crippen LogP contribution is 2.27. The Morgan fingerprint density at radius 1 is 0.905 bits per heavy atom. The lowest BCUT2D eigenvalue weighted by molar-refractivity contribution is -0.142. The van der Waals surface area contributed by atoms with Crippen molar-refractivity contribution < 1.29 is 24.6 Å². The third kappa shape index (κ3) is 10.1. The molecule has 0 aliphatic heterocycles. The van der Waals surface area contributed by atoms with Crippen molar-refractivity contribution in [2.75, 3.05) is 5.32 Å². The van der Waals surface area contributed by atoms with Crippen LogP contribution in [0.25, 0.3) is 0 Å². The molecule has 0 fully saturated rings. The SMILES string of the molecule is CC(C)CC(C(=O)NC(Cc1ccc(CCC(=O)O)cc1)C(=O)O)c1ccc(N=C(NC#N)Nc2ccccc2)cc1. The lowest BCUT2D eigenvalue weighted by Crippen LogP contribution is -2.44. The zero-order valence-electron chi connectivity index (χ0n) is 23.6. The summed E-state index contributed by atoms with van der Waals surface area (Å²) in [4.78, 5) is 40.8. The van der Waals surface area contributed by atoms with Gasteiger partial charge in [-0.2, -0.15) is 5.26 Å². The minimum Gasteiger partial charge on any atom is -0.481 e. The predicted octanol–water partition coefficient (Wildman–Crippen LogP) is 4.82. The lowest BCUT2D eigenvalue weighted by atomic mass is 9.89. The third-order valence-electron chi connectivity index (χ3n) is 6.48. The van der Waals surface area contributed by atoms with Crippen LogP contribution in [0, 0.1) is 17.4 Å². The molecule has 0 spiro atoms. The number of benzene rings is 3. The van der Waals surface area contributed by atoms with Gasteiger partial charge in [-0.3, -0.25) is 14.9 Å². The van der Waals surface area contributed by atoms with Gasteiger partial charge in [-0.25, -0.2) is 9.79 Å². The van der Waals surface area contributed by atoms with Crippen LogP contribution in [0.5, 0.6) is 0 Å². The Bertz CT molecular complexity index is 1410. The van der Waals surface area contributed by atoms with Crippen LogP contribution in [0.3, 0.4) is 0 Å². The molecule has 1 amide bonds. The highest BCUT2D eigenvalue weighted by atomic mass is 16.4. The van der Waals surface area contributed by atoms with E-state index < -0.39 is 23.9 Å². The standard InChI is InChI=1S/C32H35N5O5/c1-21(2)18-27(24-13-15-26(16-14-24)36-32(34-20-33)35-25-6-4-3-5-7-25)30(40)37-28(31(41)42)19-23-10-8-22(9-11-23)12-17-29(38)39/h3-11,13-16,21,27-28H,12,17-19H2,1-2H3,(H,37,40)(H,38,39)(H,41,42)(H2,34,35,36). The van der Waals surface area contributed by atoms with E-state index in [1.54, 1.807) is 48.5 Å². The molecule has 42 heavy (non-hydrogen) atoms. The van der Waals surface area contributed by atoms with E-state index in [0.717, 1.165) is 22.4 Å². The number of para-hydroxylation sites is 1. The molecule has 0 aromatic heterocycles. The van der Waals surface area contributed by atoms with Crippen molar-refractivity contribution in [1.29, 1.82) is 5.26 Å². The maximum atomic E-state index is 13.4. The Labute approximate surface area is 245 Å². The van der Waals surface area contributed by atoms with E-state index in [1.165, 1.54) is 0 Å². The van der Waals surface area contributed by atoms with Gasteiger partial charge in [0.25, 0.3) is 0 Å². The van der Waals surface area contributed by atoms with Gasteiger partial charge in [0.15, 0.2) is 6.19 Å². The average molecular weight is 570 g/mol. The number of aliphatic carboxylic acids is 2. The molecule has 3 aromatic rings. The van der Waals surface area contributed by atoms with E-state index in [9.17, 15) is 19.5 Å². The molecule has 218 valence electrons. The summed E-state index contributed by atoms with van der Waals surface area (Å²) >= 11 is 0. The van der Waals surface area contributed by atoms with E-state index in [1.807, 2.05) is 50.4 Å². The van der Waals surface area contributed by atoms with E-state index >= 15 is 0 Å². The number of carboxylic acids is 2. The minimum atomic E-state index is -1.14. The van der Waals surface area contributed by atoms with Gasteiger partial charge < -0.3 is 20.8 Å². The molecule has 0 bridgehead atoms. The molecule has 2 unspecified atom stereocenters. The fourth-order valence-electron chi connectivity index (χ4n) is 4.38. The van der Waals surface area contributed by atoms with Crippen LogP contribution in [0.2, 0.25) is 0 Å². The van der Waals surface area contributed by atoms with Crippen molar-refractivity contribution in [3.05, 3.63) is 95.6 Å². The number of nitrogens with one attached hydrogen (secondary N) is 3. The molecule has 0 heterocycles. The van der Waals surface area contributed by atoms with Gasteiger partial charge in [-0.15, -0.1) is 0 Å². The molecular formula is C32H35N5O5. The Morgan fingerprint density at radius 2 is 1.55 bits per heavy atom. The maximum Gasteiger partial charge on any atom is 0.326 e. The van der Waals surface area contributed by atoms with Crippen LogP contribution in [-0.4, -0.2) is 40.1 Å². The zero-order valence-corrected chi connectivity index (χ0v) is 23.6. The van der Waals surface area contributed by atoms with E-state index in [2.05, 4.69) is 20.9 Å². The number of aryl methyl sites for hydroxylation is 1. The van der Waals surface area contributed by atoms with E-state index in [4.69, 9.17) is 10.4 Å². The van der Waals surface area contributed by atoms with Crippen LogP contribution in [0.15, 0.2) is 83.9 Å². The van der Waals surface area contributed by atoms with Crippen molar-refractivity contribution in [3.8, 4) is 6.19 Å². The van der Waals surface area contributed by atoms with Crippen molar-refractivity contribution in [2.24, 2.45) is 10.9 Å². The van der Waals surface area contributed by atoms with Crippen molar-refractivity contribution in [2.45, 2.75) is 51.5 Å².